The maximum Gasteiger partial charge on any atom is 0.276 e. The fourth-order valence-electron chi connectivity index (χ4n) is 1.99. The van der Waals surface area contributed by atoms with E-state index >= 15 is 0 Å². The van der Waals surface area contributed by atoms with Crippen LogP contribution in [0.1, 0.15) is 6.42 Å². The Hall–Kier alpha value is -1.23. The summed E-state index contributed by atoms with van der Waals surface area (Å²) in [5.41, 5.74) is 0. The molecule has 112 valence electrons. The number of nitrogens with zero attached hydrogens (tertiary/aromatic N) is 2. The van der Waals surface area contributed by atoms with Gasteiger partial charge in [0.05, 0.1) is 0 Å². The van der Waals surface area contributed by atoms with E-state index in [1.165, 1.54) is 16.7 Å². The molecule has 0 spiro atoms. The third-order valence-corrected chi connectivity index (χ3v) is 5.83. The van der Waals surface area contributed by atoms with Gasteiger partial charge in [-0.3, -0.25) is 0 Å². The highest BCUT2D eigenvalue weighted by Gasteiger charge is 2.34. The molecular weight excluding hydrogens is 304 g/mol. The molecule has 1 aromatic rings. The Labute approximate surface area is 118 Å². The minimum Gasteiger partial charge on any atom is -0.334 e. The molecule has 20 heavy (non-hydrogen) atoms. The zero-order valence-corrected chi connectivity index (χ0v) is 12.3. The predicted molar refractivity (Wildman–Crippen MR) is 72.6 cm³/mol. The van der Waals surface area contributed by atoms with Gasteiger partial charge in [-0.15, -0.1) is 0 Å². The van der Waals surface area contributed by atoms with E-state index in [0.29, 0.717) is 13.0 Å². The van der Waals surface area contributed by atoms with Gasteiger partial charge in [0.15, 0.2) is 0 Å². The first kappa shape index (κ1) is 15.2. The Kier molecular flexibility index (Phi) is 4.28. The Balaban J connectivity index is 1.98. The second-order valence-electron chi connectivity index (χ2n) is 4.47. The molecule has 0 saturated carbocycles. The van der Waals surface area contributed by atoms with Crippen molar-refractivity contribution in [3.63, 3.8) is 0 Å². The second kappa shape index (κ2) is 5.64. The highest BCUT2D eigenvalue weighted by atomic mass is 32.2. The number of hydrogen-bond acceptors (Lipinski definition) is 5. The van der Waals surface area contributed by atoms with Gasteiger partial charge in [0.25, 0.3) is 10.0 Å². The molecule has 1 atom stereocenters. The van der Waals surface area contributed by atoms with Crippen LogP contribution in [-0.2, 0) is 20.0 Å². The topological polar surface area (TPSA) is 112 Å². The number of nitrogens with one attached hydrogen (secondary N) is 2. The normalized spacial score (nSPS) is 21.1. The van der Waals surface area contributed by atoms with Crippen LogP contribution in [0, 0.1) is 5.92 Å². The van der Waals surface area contributed by atoms with Crippen LogP contribution in [0.3, 0.4) is 0 Å². The molecule has 2 N–H and O–H groups in total. The van der Waals surface area contributed by atoms with Gasteiger partial charge in [0, 0.05) is 37.4 Å². The molecule has 2 rings (SSSR count). The fraction of sp³-hybridized carbons (Fsp3) is 0.500. The predicted octanol–water partition coefficient (Wildman–Crippen LogP) is -0.517. The SMILES string of the molecule is C=CS(=O)(=O)NCC1CCN(S(=O)(=O)c2ncc[nH]2)C1. The van der Waals surface area contributed by atoms with Gasteiger partial charge in [0.2, 0.25) is 15.2 Å². The third kappa shape index (κ3) is 3.26. The maximum atomic E-state index is 12.2. The van der Waals surface area contributed by atoms with Crippen molar-refractivity contribution < 1.29 is 16.8 Å². The molecule has 0 bridgehead atoms. The lowest BCUT2D eigenvalue weighted by molar-refractivity contribution is 0.450. The van der Waals surface area contributed by atoms with Crippen LogP contribution < -0.4 is 4.72 Å². The zero-order valence-electron chi connectivity index (χ0n) is 10.7. The van der Waals surface area contributed by atoms with Gasteiger partial charge in [-0.2, -0.15) is 4.31 Å². The summed E-state index contributed by atoms with van der Waals surface area (Å²) in [5.74, 6) is -0.0607. The van der Waals surface area contributed by atoms with Gasteiger partial charge in [-0.1, -0.05) is 6.58 Å². The summed E-state index contributed by atoms with van der Waals surface area (Å²) in [6.45, 7) is 4.01. The van der Waals surface area contributed by atoms with E-state index < -0.39 is 20.0 Å². The summed E-state index contributed by atoms with van der Waals surface area (Å²) < 4.78 is 50.5. The molecule has 0 aromatic carbocycles. The van der Waals surface area contributed by atoms with E-state index in [2.05, 4.69) is 21.3 Å². The smallest absolute Gasteiger partial charge is 0.276 e. The molecule has 1 fully saturated rings. The Morgan fingerprint density at radius 2 is 2.25 bits per heavy atom. The molecule has 1 aromatic heterocycles. The number of rotatable bonds is 6. The van der Waals surface area contributed by atoms with Crippen LogP contribution >= 0.6 is 0 Å². The van der Waals surface area contributed by atoms with Crippen molar-refractivity contribution in [2.75, 3.05) is 19.6 Å². The van der Waals surface area contributed by atoms with Crippen LogP contribution in [0.25, 0.3) is 0 Å². The Morgan fingerprint density at radius 1 is 1.50 bits per heavy atom. The van der Waals surface area contributed by atoms with E-state index in [9.17, 15) is 16.8 Å². The summed E-state index contributed by atoms with van der Waals surface area (Å²) in [6.07, 6.45) is 3.41. The quantitative estimate of drug-likeness (QED) is 0.732. The number of H-pyrrole nitrogens is 1. The molecule has 0 aliphatic carbocycles. The van der Waals surface area contributed by atoms with Crippen molar-refractivity contribution in [1.82, 2.24) is 19.0 Å². The summed E-state index contributed by atoms with van der Waals surface area (Å²) in [6, 6.07) is 0. The van der Waals surface area contributed by atoms with Crippen LogP contribution in [0.2, 0.25) is 0 Å². The van der Waals surface area contributed by atoms with Gasteiger partial charge < -0.3 is 4.98 Å². The van der Waals surface area contributed by atoms with E-state index in [1.54, 1.807) is 0 Å². The maximum absolute atomic E-state index is 12.2. The summed E-state index contributed by atoms with van der Waals surface area (Å²) in [4.78, 5) is 6.32. The molecule has 1 saturated heterocycles. The number of aromatic nitrogens is 2. The van der Waals surface area contributed by atoms with Crippen molar-refractivity contribution in [2.24, 2.45) is 5.92 Å². The molecule has 0 amide bonds. The van der Waals surface area contributed by atoms with E-state index in [4.69, 9.17) is 0 Å². The van der Waals surface area contributed by atoms with E-state index in [-0.39, 0.29) is 24.2 Å². The lowest BCUT2D eigenvalue weighted by Gasteiger charge is -2.14. The van der Waals surface area contributed by atoms with Gasteiger partial charge in [0.1, 0.15) is 0 Å². The van der Waals surface area contributed by atoms with Crippen molar-refractivity contribution in [1.29, 1.82) is 0 Å². The molecule has 1 aliphatic heterocycles. The van der Waals surface area contributed by atoms with E-state index in [0.717, 1.165) is 5.41 Å². The number of sulfonamides is 2. The molecule has 2 heterocycles. The minimum atomic E-state index is -3.62. The van der Waals surface area contributed by atoms with Crippen LogP contribution in [0.5, 0.6) is 0 Å². The molecule has 10 heteroatoms. The molecule has 8 nitrogen and oxygen atoms in total. The minimum absolute atomic E-state index is 0.0607. The fourth-order valence-corrected chi connectivity index (χ4v) is 3.98. The molecule has 1 unspecified atom stereocenters. The number of aromatic amines is 1. The first-order valence-corrected chi connectivity index (χ1v) is 8.95. The molecule has 1 aliphatic rings. The summed E-state index contributed by atoms with van der Waals surface area (Å²) in [7, 11) is -7.09. The summed E-state index contributed by atoms with van der Waals surface area (Å²) >= 11 is 0. The Morgan fingerprint density at radius 3 is 2.85 bits per heavy atom. The molecular formula is C10H16N4O4S2. The van der Waals surface area contributed by atoms with Crippen LogP contribution in [-0.4, -0.2) is 50.7 Å². The second-order valence-corrected chi connectivity index (χ2v) is 8.04. The highest BCUT2D eigenvalue weighted by molar-refractivity contribution is 7.92. The number of imidazole rings is 1. The van der Waals surface area contributed by atoms with Gasteiger partial charge in [-0.05, 0) is 12.3 Å². The zero-order chi connectivity index (χ0) is 14.8. The van der Waals surface area contributed by atoms with Crippen molar-refractivity contribution in [2.45, 2.75) is 11.6 Å². The lowest BCUT2D eigenvalue weighted by Crippen LogP contribution is -2.32. The molecule has 0 radical (unpaired) electrons. The first-order valence-electron chi connectivity index (χ1n) is 5.97. The standard InChI is InChI=1S/C10H16N4O4S2/c1-2-19(15,16)13-7-9-3-6-14(8-9)20(17,18)10-11-4-5-12-10/h2,4-5,9,13H,1,3,6-8H2,(H,11,12). The largest absolute Gasteiger partial charge is 0.334 e. The summed E-state index contributed by atoms with van der Waals surface area (Å²) in [5, 5.41) is 0.740. The monoisotopic (exact) mass is 320 g/mol. The van der Waals surface area contributed by atoms with Crippen LogP contribution in [0.15, 0.2) is 29.5 Å². The van der Waals surface area contributed by atoms with Crippen LogP contribution in [0.4, 0.5) is 0 Å². The van der Waals surface area contributed by atoms with Gasteiger partial charge in [-0.25, -0.2) is 26.5 Å². The van der Waals surface area contributed by atoms with Crippen molar-refractivity contribution >= 4 is 20.0 Å². The average Bonchev–Trinajstić information content (AvgIpc) is 3.08. The lowest BCUT2D eigenvalue weighted by atomic mass is 10.1. The third-order valence-electron chi connectivity index (χ3n) is 3.10. The Bertz CT molecular complexity index is 666. The van der Waals surface area contributed by atoms with E-state index in [1.807, 2.05) is 0 Å². The van der Waals surface area contributed by atoms with Crippen molar-refractivity contribution in [3.05, 3.63) is 24.4 Å². The number of hydrogen-bond donors (Lipinski definition) is 2. The van der Waals surface area contributed by atoms with Gasteiger partial charge >= 0.3 is 0 Å². The highest BCUT2D eigenvalue weighted by Crippen LogP contribution is 2.22. The average molecular weight is 320 g/mol. The first-order chi connectivity index (χ1) is 9.35. The van der Waals surface area contributed by atoms with Crippen molar-refractivity contribution in [3.8, 4) is 0 Å².